The van der Waals surface area contributed by atoms with Gasteiger partial charge in [-0.15, -0.1) is 0 Å². The summed E-state index contributed by atoms with van der Waals surface area (Å²) in [6, 6.07) is 4.19. The molecule has 0 bridgehead atoms. The third kappa shape index (κ3) is 6.94. The van der Waals surface area contributed by atoms with Gasteiger partial charge in [-0.3, -0.25) is 0 Å². The lowest BCUT2D eigenvalue weighted by atomic mass is 10.1. The lowest BCUT2D eigenvalue weighted by Gasteiger charge is -2.14. The van der Waals surface area contributed by atoms with Crippen LogP contribution in [0, 0.1) is 0 Å². The maximum Gasteiger partial charge on any atom is 0.191 e. The number of hydrogen-bond donors (Lipinski definition) is 2. The molecule has 2 rings (SSSR count). The Balaban J connectivity index is 1.98. The van der Waals surface area contributed by atoms with Crippen LogP contribution in [0.3, 0.4) is 0 Å². The molecule has 1 aliphatic heterocycles. The zero-order valence-corrected chi connectivity index (χ0v) is 17.3. The van der Waals surface area contributed by atoms with Gasteiger partial charge in [0.25, 0.3) is 0 Å². The number of hydrogen-bond acceptors (Lipinski definition) is 4. The average Bonchev–Trinajstić information content (AvgIpc) is 3.01. The van der Waals surface area contributed by atoms with E-state index in [1.807, 2.05) is 13.8 Å². The van der Waals surface area contributed by atoms with Crippen LogP contribution in [0.4, 0.5) is 0 Å². The van der Waals surface area contributed by atoms with E-state index in [1.54, 1.807) is 0 Å². The first kappa shape index (κ1) is 21.4. The van der Waals surface area contributed by atoms with Gasteiger partial charge >= 0.3 is 0 Å². The molecule has 27 heavy (non-hydrogen) atoms. The molecule has 0 amide bonds. The van der Waals surface area contributed by atoms with Gasteiger partial charge in [-0.05, 0) is 52.7 Å². The zero-order chi connectivity index (χ0) is 19.5. The Hall–Kier alpha value is -1.95. The Morgan fingerprint density at radius 1 is 1.19 bits per heavy atom. The number of nitrogens with zero attached hydrogens (tertiary/aromatic N) is 1. The second kappa shape index (κ2) is 11.7. The molecule has 0 aliphatic carbocycles. The Kier molecular flexibility index (Phi) is 9.25. The number of nitrogens with one attached hydrogen (secondary N) is 2. The van der Waals surface area contributed by atoms with E-state index < -0.39 is 0 Å². The maximum atomic E-state index is 5.90. The van der Waals surface area contributed by atoms with E-state index in [9.17, 15) is 0 Å². The fourth-order valence-electron chi connectivity index (χ4n) is 3.08. The van der Waals surface area contributed by atoms with Gasteiger partial charge in [-0.25, -0.2) is 4.99 Å². The predicted molar refractivity (Wildman–Crippen MR) is 110 cm³/mol. The Morgan fingerprint density at radius 2 is 2.04 bits per heavy atom. The minimum absolute atomic E-state index is 0.226. The first-order valence-electron chi connectivity index (χ1n) is 10.2. The van der Waals surface area contributed by atoms with E-state index in [0.717, 1.165) is 68.6 Å². The summed E-state index contributed by atoms with van der Waals surface area (Å²) in [7, 11) is 0. The number of fused-ring (bicyclic) bond motifs is 1. The molecule has 0 saturated carbocycles. The summed E-state index contributed by atoms with van der Waals surface area (Å²) in [5.74, 6) is 2.70. The average molecular weight is 378 g/mol. The van der Waals surface area contributed by atoms with Crippen LogP contribution in [-0.4, -0.2) is 45.0 Å². The SMILES string of the molecule is CCNC(=NCc1cc2c(cc1OCC)CC(C)O2)NCCCCOCC. The minimum atomic E-state index is 0.226. The van der Waals surface area contributed by atoms with Crippen molar-refractivity contribution in [2.45, 2.75) is 59.6 Å². The van der Waals surface area contributed by atoms with Gasteiger partial charge in [0.05, 0.1) is 13.2 Å². The summed E-state index contributed by atoms with van der Waals surface area (Å²) in [5.41, 5.74) is 2.27. The van der Waals surface area contributed by atoms with Crippen molar-refractivity contribution in [1.29, 1.82) is 0 Å². The van der Waals surface area contributed by atoms with E-state index in [4.69, 9.17) is 19.2 Å². The number of ether oxygens (including phenoxy) is 3. The topological polar surface area (TPSA) is 64.1 Å². The molecule has 1 atom stereocenters. The summed E-state index contributed by atoms with van der Waals surface area (Å²) < 4.78 is 17.1. The van der Waals surface area contributed by atoms with Crippen molar-refractivity contribution in [2.75, 3.05) is 32.9 Å². The molecule has 6 heteroatoms. The van der Waals surface area contributed by atoms with Crippen LogP contribution in [0.15, 0.2) is 17.1 Å². The molecule has 1 unspecified atom stereocenters. The predicted octanol–water partition coefficient (Wildman–Crippen LogP) is 3.28. The van der Waals surface area contributed by atoms with Crippen LogP contribution >= 0.6 is 0 Å². The van der Waals surface area contributed by atoms with Crippen LogP contribution < -0.4 is 20.1 Å². The monoisotopic (exact) mass is 377 g/mol. The number of unbranched alkanes of at least 4 members (excludes halogenated alkanes) is 1. The molecule has 2 N–H and O–H groups in total. The third-order valence-corrected chi connectivity index (χ3v) is 4.34. The highest BCUT2D eigenvalue weighted by atomic mass is 16.5. The smallest absolute Gasteiger partial charge is 0.191 e. The van der Waals surface area contributed by atoms with Crippen LogP contribution in [0.2, 0.25) is 0 Å². The third-order valence-electron chi connectivity index (χ3n) is 4.34. The quantitative estimate of drug-likeness (QED) is 0.352. The molecular formula is C21H35N3O3. The number of benzene rings is 1. The van der Waals surface area contributed by atoms with Crippen LogP contribution in [0.25, 0.3) is 0 Å². The first-order valence-corrected chi connectivity index (χ1v) is 10.2. The number of rotatable bonds is 11. The Labute approximate surface area is 163 Å². The van der Waals surface area contributed by atoms with Crippen molar-refractivity contribution in [2.24, 2.45) is 4.99 Å². The lowest BCUT2D eigenvalue weighted by molar-refractivity contribution is 0.143. The standard InChI is InChI=1S/C21H35N3O3/c1-5-22-21(23-10-8-9-11-25-6-2)24-15-18-14-20-17(12-16(4)27-20)13-19(18)26-7-3/h13-14,16H,5-12,15H2,1-4H3,(H2,22,23,24). The molecule has 0 fully saturated rings. The number of aliphatic imine (C=N–C) groups is 1. The van der Waals surface area contributed by atoms with Crippen molar-refractivity contribution in [3.8, 4) is 11.5 Å². The van der Waals surface area contributed by atoms with Crippen LogP contribution in [0.5, 0.6) is 11.5 Å². The molecule has 6 nitrogen and oxygen atoms in total. The van der Waals surface area contributed by atoms with Gasteiger partial charge in [-0.2, -0.15) is 0 Å². The van der Waals surface area contributed by atoms with Gasteiger partial charge in [-0.1, -0.05) is 0 Å². The summed E-state index contributed by atoms with van der Waals surface area (Å²) in [4.78, 5) is 4.73. The molecule has 1 aliphatic rings. The highest BCUT2D eigenvalue weighted by Crippen LogP contribution is 2.35. The molecule has 0 spiro atoms. The summed E-state index contributed by atoms with van der Waals surface area (Å²) >= 11 is 0. The van der Waals surface area contributed by atoms with E-state index in [-0.39, 0.29) is 6.10 Å². The molecule has 1 aromatic rings. The Bertz CT molecular complexity index is 605. The summed E-state index contributed by atoms with van der Waals surface area (Å²) in [5, 5.41) is 6.69. The van der Waals surface area contributed by atoms with Crippen LogP contribution in [-0.2, 0) is 17.7 Å². The molecule has 1 heterocycles. The van der Waals surface area contributed by atoms with Crippen molar-refractivity contribution in [3.05, 3.63) is 23.3 Å². The van der Waals surface area contributed by atoms with Gasteiger partial charge in [0.15, 0.2) is 5.96 Å². The van der Waals surface area contributed by atoms with E-state index in [0.29, 0.717) is 13.2 Å². The largest absolute Gasteiger partial charge is 0.494 e. The van der Waals surface area contributed by atoms with Gasteiger partial charge in [0.2, 0.25) is 0 Å². The van der Waals surface area contributed by atoms with Crippen molar-refractivity contribution < 1.29 is 14.2 Å². The lowest BCUT2D eigenvalue weighted by Crippen LogP contribution is -2.37. The summed E-state index contributed by atoms with van der Waals surface area (Å²) in [6.45, 7) is 12.7. The fourth-order valence-corrected chi connectivity index (χ4v) is 3.08. The fraction of sp³-hybridized carbons (Fsp3) is 0.667. The molecule has 0 aromatic heterocycles. The normalized spacial score (nSPS) is 16.0. The van der Waals surface area contributed by atoms with Gasteiger partial charge in [0, 0.05) is 43.9 Å². The van der Waals surface area contributed by atoms with Crippen molar-refractivity contribution >= 4 is 5.96 Å². The molecule has 152 valence electrons. The first-order chi connectivity index (χ1) is 13.2. The summed E-state index contributed by atoms with van der Waals surface area (Å²) in [6.07, 6.45) is 3.27. The second-order valence-corrected chi connectivity index (χ2v) is 6.66. The van der Waals surface area contributed by atoms with E-state index >= 15 is 0 Å². The second-order valence-electron chi connectivity index (χ2n) is 6.66. The highest BCUT2D eigenvalue weighted by molar-refractivity contribution is 5.79. The van der Waals surface area contributed by atoms with Crippen molar-refractivity contribution in [3.63, 3.8) is 0 Å². The minimum Gasteiger partial charge on any atom is -0.494 e. The maximum absolute atomic E-state index is 5.90. The van der Waals surface area contributed by atoms with Gasteiger partial charge in [0.1, 0.15) is 17.6 Å². The Morgan fingerprint density at radius 3 is 2.78 bits per heavy atom. The van der Waals surface area contributed by atoms with Gasteiger partial charge < -0.3 is 24.8 Å². The van der Waals surface area contributed by atoms with Crippen molar-refractivity contribution in [1.82, 2.24) is 10.6 Å². The highest BCUT2D eigenvalue weighted by Gasteiger charge is 2.21. The zero-order valence-electron chi connectivity index (χ0n) is 17.3. The molecule has 0 radical (unpaired) electrons. The van der Waals surface area contributed by atoms with E-state index in [2.05, 4.69) is 36.6 Å². The molecular weight excluding hydrogens is 342 g/mol. The van der Waals surface area contributed by atoms with Crippen LogP contribution in [0.1, 0.15) is 51.7 Å². The molecule has 0 saturated heterocycles. The molecule has 1 aromatic carbocycles. The van der Waals surface area contributed by atoms with E-state index in [1.165, 1.54) is 5.56 Å². The number of guanidine groups is 1.